The van der Waals surface area contributed by atoms with Gasteiger partial charge >= 0.3 is 6.72 Å². The molecule has 0 aliphatic carbocycles. The number of aromatic nitrogens is 4. The van der Waals surface area contributed by atoms with Gasteiger partial charge in [0.05, 0.1) is 12.9 Å². The molecule has 6 N–H and O–H groups in total. The van der Waals surface area contributed by atoms with E-state index in [1.165, 1.54) is 10.9 Å². The summed E-state index contributed by atoms with van der Waals surface area (Å²) >= 11 is 4.37. The molecule has 2 aromatic heterocycles. The molecular weight excluding hydrogens is 385 g/mol. The molecule has 1 aliphatic heterocycles. The SMILES string of the molecule is CCCc1nc(N)c2ncn([C@@H]3O[C@H](COP(O)(O)=S)[C@@H](O)[C@H]3O)c2n1. The van der Waals surface area contributed by atoms with Gasteiger partial charge in [0, 0.05) is 6.42 Å². The topological polar surface area (TPSA) is 169 Å². The maximum atomic E-state index is 10.3. The number of rotatable bonds is 6. The zero-order valence-corrected chi connectivity index (χ0v) is 15.5. The minimum Gasteiger partial charge on any atom is -0.387 e. The zero-order chi connectivity index (χ0) is 19.1. The molecule has 0 spiro atoms. The van der Waals surface area contributed by atoms with Crippen molar-refractivity contribution in [2.45, 2.75) is 44.3 Å². The number of nitrogens with zero attached hydrogens (tertiary/aromatic N) is 4. The highest BCUT2D eigenvalue weighted by Gasteiger charge is 2.45. The van der Waals surface area contributed by atoms with Gasteiger partial charge in [-0.3, -0.25) is 4.57 Å². The Balaban J connectivity index is 1.90. The summed E-state index contributed by atoms with van der Waals surface area (Å²) in [6, 6.07) is 0. The highest BCUT2D eigenvalue weighted by molar-refractivity contribution is 8.06. The first kappa shape index (κ1) is 19.5. The molecule has 0 radical (unpaired) electrons. The van der Waals surface area contributed by atoms with Gasteiger partial charge in [0.2, 0.25) is 0 Å². The van der Waals surface area contributed by atoms with Crippen LogP contribution in [0.5, 0.6) is 0 Å². The average molecular weight is 405 g/mol. The number of aliphatic hydroxyl groups is 2. The third-order valence-corrected chi connectivity index (χ3v) is 4.79. The molecule has 2 aromatic rings. The lowest BCUT2D eigenvalue weighted by atomic mass is 10.1. The van der Waals surface area contributed by atoms with E-state index in [2.05, 4.69) is 26.8 Å². The van der Waals surface area contributed by atoms with Crippen molar-refractivity contribution in [3.8, 4) is 0 Å². The number of nitrogens with two attached hydrogens (primary N) is 1. The van der Waals surface area contributed by atoms with Crippen molar-refractivity contribution in [2.75, 3.05) is 12.3 Å². The Morgan fingerprint density at radius 1 is 1.35 bits per heavy atom. The Bertz CT molecular complexity index is 844. The van der Waals surface area contributed by atoms with E-state index in [4.69, 9.17) is 24.8 Å². The van der Waals surface area contributed by atoms with Gasteiger partial charge in [-0.15, -0.1) is 0 Å². The van der Waals surface area contributed by atoms with Crippen LogP contribution in [-0.2, 0) is 27.5 Å². The van der Waals surface area contributed by atoms with Crippen molar-refractivity contribution in [3.05, 3.63) is 12.2 Å². The maximum Gasteiger partial charge on any atom is 0.321 e. The van der Waals surface area contributed by atoms with Gasteiger partial charge in [0.1, 0.15) is 29.7 Å². The van der Waals surface area contributed by atoms with E-state index in [-0.39, 0.29) is 12.4 Å². The standard InChI is InChI=1S/C13H20N5O6PS/c1-2-3-7-16-11(14)8-12(17-7)18(5-15-8)13-10(20)9(19)6(24-13)4-23-25(21,22)26/h5-6,9-10,13,19-20H,2-4H2,1H3,(H2,14,16,17)(H2,21,22,26)/t6-,9-,10-,13-/m1/s1. The molecule has 4 atom stereocenters. The summed E-state index contributed by atoms with van der Waals surface area (Å²) in [5.74, 6) is 0.750. The van der Waals surface area contributed by atoms with E-state index in [1.54, 1.807) is 0 Å². The van der Waals surface area contributed by atoms with Crippen molar-refractivity contribution < 1.29 is 29.3 Å². The molecule has 0 amide bonds. The summed E-state index contributed by atoms with van der Waals surface area (Å²) in [5, 5.41) is 20.5. The number of anilines is 1. The van der Waals surface area contributed by atoms with Gasteiger partial charge in [-0.05, 0) is 18.2 Å². The zero-order valence-electron chi connectivity index (χ0n) is 13.8. The van der Waals surface area contributed by atoms with Crippen LogP contribution in [0, 0.1) is 0 Å². The van der Waals surface area contributed by atoms with Gasteiger partial charge in [-0.25, -0.2) is 15.0 Å². The minimum absolute atomic E-state index is 0.214. The van der Waals surface area contributed by atoms with Crippen LogP contribution in [0.1, 0.15) is 25.4 Å². The number of hydrogen-bond donors (Lipinski definition) is 5. The van der Waals surface area contributed by atoms with E-state index in [9.17, 15) is 10.2 Å². The molecule has 1 fully saturated rings. The number of imidazole rings is 1. The molecule has 3 heterocycles. The first-order valence-corrected chi connectivity index (χ1v) is 10.5. The van der Waals surface area contributed by atoms with E-state index in [0.717, 1.165) is 6.42 Å². The fourth-order valence-electron chi connectivity index (χ4n) is 2.77. The molecule has 144 valence electrons. The summed E-state index contributed by atoms with van der Waals surface area (Å²) in [7, 11) is 0. The monoisotopic (exact) mass is 405 g/mol. The molecule has 0 saturated carbocycles. The van der Waals surface area contributed by atoms with Crippen LogP contribution >= 0.6 is 6.72 Å². The van der Waals surface area contributed by atoms with Crippen LogP contribution in [-0.4, -0.2) is 64.4 Å². The second-order valence-electron chi connectivity index (χ2n) is 5.93. The maximum absolute atomic E-state index is 10.3. The average Bonchev–Trinajstić information content (AvgIpc) is 3.08. The summed E-state index contributed by atoms with van der Waals surface area (Å²) < 4.78 is 11.8. The van der Waals surface area contributed by atoms with Gasteiger partial charge in [0.15, 0.2) is 17.7 Å². The molecule has 26 heavy (non-hydrogen) atoms. The lowest BCUT2D eigenvalue weighted by Crippen LogP contribution is -2.33. The quantitative estimate of drug-likeness (QED) is 0.382. The molecule has 11 nitrogen and oxygen atoms in total. The van der Waals surface area contributed by atoms with Crippen LogP contribution in [0.3, 0.4) is 0 Å². The van der Waals surface area contributed by atoms with Gasteiger partial charge in [0.25, 0.3) is 0 Å². The molecule has 1 saturated heterocycles. The van der Waals surface area contributed by atoms with Crippen molar-refractivity contribution in [2.24, 2.45) is 0 Å². The molecule has 13 heteroatoms. The number of aliphatic hydroxyl groups excluding tert-OH is 2. The Morgan fingerprint density at radius 3 is 2.73 bits per heavy atom. The summed E-state index contributed by atoms with van der Waals surface area (Å²) in [6.07, 6.45) is -1.83. The summed E-state index contributed by atoms with van der Waals surface area (Å²) in [4.78, 5) is 31.0. The third-order valence-electron chi connectivity index (χ3n) is 3.99. The highest BCUT2D eigenvalue weighted by Crippen LogP contribution is 2.39. The number of ether oxygens (including phenoxy) is 1. The number of fused-ring (bicyclic) bond motifs is 1. The molecular formula is C13H20N5O6PS. The van der Waals surface area contributed by atoms with Crippen LogP contribution in [0.4, 0.5) is 5.82 Å². The van der Waals surface area contributed by atoms with Gasteiger partial charge in [-0.2, -0.15) is 0 Å². The van der Waals surface area contributed by atoms with Gasteiger partial charge < -0.3 is 35.0 Å². The van der Waals surface area contributed by atoms with Crippen molar-refractivity contribution in [3.63, 3.8) is 0 Å². The van der Waals surface area contributed by atoms with Crippen molar-refractivity contribution in [1.29, 1.82) is 0 Å². The third kappa shape index (κ3) is 3.87. The van der Waals surface area contributed by atoms with Crippen LogP contribution in [0.2, 0.25) is 0 Å². The number of aryl methyl sites for hydroxylation is 1. The first-order chi connectivity index (χ1) is 12.2. The predicted octanol–water partition coefficient (Wildman–Crippen LogP) is -0.794. The second kappa shape index (κ2) is 7.41. The van der Waals surface area contributed by atoms with Crippen molar-refractivity contribution >= 4 is 35.5 Å². The lowest BCUT2D eigenvalue weighted by Gasteiger charge is -2.17. The largest absolute Gasteiger partial charge is 0.387 e. The number of hydrogen-bond acceptors (Lipinski definition) is 9. The number of nitrogen functional groups attached to an aromatic ring is 1. The summed E-state index contributed by atoms with van der Waals surface area (Å²) in [5.41, 5.74) is 6.65. The summed E-state index contributed by atoms with van der Waals surface area (Å²) in [6.45, 7) is -2.30. The molecule has 3 rings (SSSR count). The van der Waals surface area contributed by atoms with E-state index >= 15 is 0 Å². The van der Waals surface area contributed by atoms with Gasteiger partial charge in [-0.1, -0.05) is 6.92 Å². The Kier molecular flexibility index (Phi) is 5.56. The fourth-order valence-corrected chi connectivity index (χ4v) is 3.30. The molecule has 0 bridgehead atoms. The van der Waals surface area contributed by atoms with E-state index in [1.807, 2.05) is 6.92 Å². The lowest BCUT2D eigenvalue weighted by molar-refractivity contribution is -0.0487. The Morgan fingerprint density at radius 2 is 2.08 bits per heavy atom. The van der Waals surface area contributed by atoms with E-state index < -0.39 is 31.3 Å². The van der Waals surface area contributed by atoms with Crippen LogP contribution in [0.25, 0.3) is 11.2 Å². The van der Waals surface area contributed by atoms with Crippen LogP contribution < -0.4 is 5.73 Å². The highest BCUT2D eigenvalue weighted by atomic mass is 32.5. The van der Waals surface area contributed by atoms with E-state index in [0.29, 0.717) is 23.4 Å². The fraction of sp³-hybridized carbons (Fsp3) is 0.615. The minimum atomic E-state index is -3.90. The predicted molar refractivity (Wildman–Crippen MR) is 94.3 cm³/mol. The Labute approximate surface area is 153 Å². The first-order valence-electron chi connectivity index (χ1n) is 7.92. The molecule has 0 unspecified atom stereocenters. The second-order valence-corrected chi connectivity index (χ2v) is 8.60. The van der Waals surface area contributed by atoms with Crippen LogP contribution in [0.15, 0.2) is 6.33 Å². The normalized spacial score (nSPS) is 26.7. The smallest absolute Gasteiger partial charge is 0.321 e. The Hall–Kier alpha value is -1.24. The van der Waals surface area contributed by atoms with Crippen molar-refractivity contribution in [1.82, 2.24) is 19.5 Å². The molecule has 0 aromatic carbocycles. The molecule has 1 aliphatic rings.